The highest BCUT2D eigenvalue weighted by Gasteiger charge is 2.31. The molecule has 8 heteroatoms. The highest BCUT2D eigenvalue weighted by atomic mass is 16.5. The zero-order chi connectivity index (χ0) is 15.4. The van der Waals surface area contributed by atoms with Gasteiger partial charge in [-0.2, -0.15) is 0 Å². The van der Waals surface area contributed by atoms with E-state index in [1.165, 1.54) is 6.92 Å². The molecule has 2 aliphatic heterocycles. The van der Waals surface area contributed by atoms with Crippen molar-refractivity contribution < 1.29 is 24.2 Å². The highest BCUT2D eigenvalue weighted by molar-refractivity contribution is 5.76. The van der Waals surface area contributed by atoms with Gasteiger partial charge < -0.3 is 25.0 Å². The number of carboxylic acids is 1. The summed E-state index contributed by atoms with van der Waals surface area (Å²) in [7, 11) is 0. The van der Waals surface area contributed by atoms with E-state index in [4.69, 9.17) is 9.84 Å². The van der Waals surface area contributed by atoms with E-state index in [1.807, 2.05) is 0 Å². The number of nitrogens with one attached hydrogen (secondary N) is 1. The van der Waals surface area contributed by atoms with Crippen LogP contribution in [0.2, 0.25) is 0 Å². The van der Waals surface area contributed by atoms with Crippen molar-refractivity contribution in [3.8, 4) is 0 Å². The molecule has 0 radical (unpaired) electrons. The highest BCUT2D eigenvalue weighted by Crippen LogP contribution is 2.19. The third-order valence-electron chi connectivity index (χ3n) is 3.88. The van der Waals surface area contributed by atoms with Gasteiger partial charge in [-0.1, -0.05) is 0 Å². The first-order chi connectivity index (χ1) is 9.97. The molecule has 0 aromatic carbocycles. The Balaban J connectivity index is 1.69. The van der Waals surface area contributed by atoms with Crippen LogP contribution in [0, 0.1) is 0 Å². The van der Waals surface area contributed by atoms with Crippen molar-refractivity contribution in [2.45, 2.75) is 32.0 Å². The number of hydrogen-bond acceptors (Lipinski definition) is 4. The third kappa shape index (κ3) is 4.07. The van der Waals surface area contributed by atoms with Crippen LogP contribution in [0.25, 0.3) is 0 Å². The number of rotatable bonds is 3. The summed E-state index contributed by atoms with van der Waals surface area (Å²) in [5.41, 5.74) is 0. The molecular weight excluding hydrogens is 278 g/mol. The summed E-state index contributed by atoms with van der Waals surface area (Å²) in [4.78, 5) is 37.3. The number of urea groups is 1. The summed E-state index contributed by atoms with van der Waals surface area (Å²) in [5.74, 6) is -0.932. The number of carboxylic acid groups (broad SMARTS) is 1. The number of hydrogen-bond donors (Lipinski definition) is 2. The molecule has 2 aliphatic rings. The number of carbonyl (C=O) groups is 3. The summed E-state index contributed by atoms with van der Waals surface area (Å²) in [5, 5.41) is 11.6. The second-order valence-electron chi connectivity index (χ2n) is 5.34. The van der Waals surface area contributed by atoms with Gasteiger partial charge in [0.2, 0.25) is 5.91 Å². The maximum atomic E-state index is 12.0. The zero-order valence-corrected chi connectivity index (χ0v) is 12.1. The van der Waals surface area contributed by atoms with Gasteiger partial charge in [0, 0.05) is 39.6 Å². The Bertz CT molecular complexity index is 420. The molecule has 3 amide bonds. The maximum absolute atomic E-state index is 12.0. The number of ether oxygens (including phenoxy) is 1. The second-order valence-corrected chi connectivity index (χ2v) is 5.34. The fourth-order valence-electron chi connectivity index (χ4n) is 2.57. The van der Waals surface area contributed by atoms with Gasteiger partial charge >= 0.3 is 12.0 Å². The molecule has 0 aromatic heterocycles. The molecule has 2 unspecified atom stereocenters. The van der Waals surface area contributed by atoms with Crippen LogP contribution in [0.4, 0.5) is 4.79 Å². The summed E-state index contributed by atoms with van der Waals surface area (Å²) in [6.45, 7) is 3.94. The minimum absolute atomic E-state index is 0.0223. The van der Waals surface area contributed by atoms with Crippen LogP contribution in [-0.4, -0.2) is 77.7 Å². The van der Waals surface area contributed by atoms with Crippen LogP contribution in [0.5, 0.6) is 0 Å². The first-order valence-electron chi connectivity index (χ1n) is 7.14. The Morgan fingerprint density at radius 2 is 1.76 bits per heavy atom. The van der Waals surface area contributed by atoms with Crippen LogP contribution in [0.1, 0.15) is 19.8 Å². The second kappa shape index (κ2) is 6.75. The fourth-order valence-corrected chi connectivity index (χ4v) is 2.57. The summed E-state index contributed by atoms with van der Waals surface area (Å²) < 4.78 is 5.32. The first-order valence-corrected chi connectivity index (χ1v) is 7.14. The zero-order valence-electron chi connectivity index (χ0n) is 12.1. The lowest BCUT2D eigenvalue weighted by Crippen LogP contribution is -2.53. The van der Waals surface area contributed by atoms with E-state index < -0.39 is 12.1 Å². The van der Waals surface area contributed by atoms with E-state index in [0.717, 1.165) is 0 Å². The monoisotopic (exact) mass is 299 g/mol. The first kappa shape index (κ1) is 15.6. The SMILES string of the molecule is CC(=O)N1CCN(C(=O)NCC2CCC(C(=O)O)O2)CC1. The molecule has 0 aliphatic carbocycles. The van der Waals surface area contributed by atoms with E-state index in [9.17, 15) is 14.4 Å². The van der Waals surface area contributed by atoms with Gasteiger partial charge in [-0.15, -0.1) is 0 Å². The molecule has 8 nitrogen and oxygen atoms in total. The van der Waals surface area contributed by atoms with Gasteiger partial charge in [-0.05, 0) is 12.8 Å². The number of piperazine rings is 1. The van der Waals surface area contributed by atoms with Crippen LogP contribution in [-0.2, 0) is 14.3 Å². The van der Waals surface area contributed by atoms with Crippen molar-refractivity contribution in [2.75, 3.05) is 32.7 Å². The summed E-state index contributed by atoms with van der Waals surface area (Å²) in [6, 6.07) is -0.194. The average Bonchev–Trinajstić information content (AvgIpc) is 2.94. The predicted octanol–water partition coefficient (Wildman–Crippen LogP) is -0.508. The molecule has 2 N–H and O–H groups in total. The molecule has 2 heterocycles. The summed E-state index contributed by atoms with van der Waals surface area (Å²) >= 11 is 0. The standard InChI is InChI=1S/C13H21N3O5/c1-9(17)15-4-6-16(7-5-15)13(20)14-8-10-2-3-11(21-10)12(18)19/h10-11H,2-8H2,1H3,(H,14,20)(H,18,19). The number of nitrogens with zero attached hydrogens (tertiary/aromatic N) is 2. The van der Waals surface area contributed by atoms with Crippen LogP contribution in [0.15, 0.2) is 0 Å². The molecule has 2 rings (SSSR count). The summed E-state index contributed by atoms with van der Waals surface area (Å²) in [6.07, 6.45) is 0.113. The van der Waals surface area contributed by atoms with Crippen LogP contribution >= 0.6 is 0 Å². The van der Waals surface area contributed by atoms with Gasteiger partial charge in [-0.3, -0.25) is 4.79 Å². The van der Waals surface area contributed by atoms with E-state index in [0.29, 0.717) is 45.6 Å². The smallest absolute Gasteiger partial charge is 0.332 e. The average molecular weight is 299 g/mol. The van der Waals surface area contributed by atoms with E-state index in [2.05, 4.69) is 5.32 Å². The molecule has 2 fully saturated rings. The molecule has 0 saturated carbocycles. The molecule has 0 bridgehead atoms. The van der Waals surface area contributed by atoms with Crippen LogP contribution < -0.4 is 5.32 Å². The molecule has 0 aromatic rings. The Labute approximate surface area is 123 Å². The van der Waals surface area contributed by atoms with E-state index in [1.54, 1.807) is 9.80 Å². The third-order valence-corrected chi connectivity index (χ3v) is 3.88. The predicted molar refractivity (Wildman–Crippen MR) is 72.8 cm³/mol. The quantitative estimate of drug-likeness (QED) is 0.731. The van der Waals surface area contributed by atoms with Gasteiger partial charge in [0.25, 0.3) is 0 Å². The molecule has 2 atom stereocenters. The lowest BCUT2D eigenvalue weighted by Gasteiger charge is -2.34. The molecule has 2 saturated heterocycles. The van der Waals surface area contributed by atoms with Gasteiger partial charge in [0.15, 0.2) is 6.10 Å². The Hall–Kier alpha value is -1.83. The van der Waals surface area contributed by atoms with Crippen molar-refractivity contribution in [1.82, 2.24) is 15.1 Å². The normalized spacial score (nSPS) is 25.8. The number of carbonyl (C=O) groups excluding carboxylic acids is 2. The Kier molecular flexibility index (Phi) is 5.00. The van der Waals surface area contributed by atoms with E-state index >= 15 is 0 Å². The van der Waals surface area contributed by atoms with Gasteiger partial charge in [0.1, 0.15) is 0 Å². The fraction of sp³-hybridized carbons (Fsp3) is 0.769. The van der Waals surface area contributed by atoms with Crippen molar-refractivity contribution >= 4 is 17.9 Å². The Morgan fingerprint density at radius 1 is 1.14 bits per heavy atom. The van der Waals surface area contributed by atoms with Crippen molar-refractivity contribution in [3.05, 3.63) is 0 Å². The lowest BCUT2D eigenvalue weighted by atomic mass is 10.2. The van der Waals surface area contributed by atoms with Crippen molar-refractivity contribution in [2.24, 2.45) is 0 Å². The minimum atomic E-state index is -0.954. The number of amides is 3. The van der Waals surface area contributed by atoms with Crippen molar-refractivity contribution in [3.63, 3.8) is 0 Å². The topological polar surface area (TPSA) is 99.2 Å². The minimum Gasteiger partial charge on any atom is -0.479 e. The molecule has 118 valence electrons. The molecule has 0 spiro atoms. The largest absolute Gasteiger partial charge is 0.479 e. The molecule has 21 heavy (non-hydrogen) atoms. The van der Waals surface area contributed by atoms with Crippen molar-refractivity contribution in [1.29, 1.82) is 0 Å². The van der Waals surface area contributed by atoms with Gasteiger partial charge in [0.05, 0.1) is 6.10 Å². The Morgan fingerprint density at radius 3 is 2.29 bits per heavy atom. The number of aliphatic carboxylic acids is 1. The van der Waals surface area contributed by atoms with E-state index in [-0.39, 0.29) is 18.0 Å². The maximum Gasteiger partial charge on any atom is 0.332 e. The lowest BCUT2D eigenvalue weighted by molar-refractivity contribution is -0.149. The van der Waals surface area contributed by atoms with Crippen LogP contribution in [0.3, 0.4) is 0 Å². The van der Waals surface area contributed by atoms with Gasteiger partial charge in [-0.25, -0.2) is 9.59 Å². The molecular formula is C13H21N3O5.